The first-order valence-corrected chi connectivity index (χ1v) is 3.52. The summed E-state index contributed by atoms with van der Waals surface area (Å²) >= 11 is 0. The fraction of sp³-hybridized carbons (Fsp3) is 0.222. The number of hydrogen-bond acceptors (Lipinski definition) is 2. The largest absolute Gasteiger partial charge is 0.392 e. The Morgan fingerprint density at radius 2 is 2.45 bits per heavy atom. The summed E-state index contributed by atoms with van der Waals surface area (Å²) in [4.78, 5) is 3.96. The Morgan fingerprint density at radius 3 is 3.09 bits per heavy atom. The molecule has 1 heterocycles. The summed E-state index contributed by atoms with van der Waals surface area (Å²) in [5.41, 5.74) is 2.23. The predicted molar refractivity (Wildman–Crippen MR) is 45.1 cm³/mol. The number of aryl methyl sites for hydroxylation is 1. The second-order valence-electron chi connectivity index (χ2n) is 2.32. The molecule has 1 N–H and O–H groups in total. The van der Waals surface area contributed by atoms with Crippen molar-refractivity contribution < 1.29 is 5.11 Å². The molecule has 0 spiro atoms. The molecule has 2 nitrogen and oxygen atoms in total. The molecule has 0 aliphatic heterocycles. The van der Waals surface area contributed by atoms with Crippen molar-refractivity contribution in [2.24, 2.45) is 0 Å². The molecule has 0 bridgehead atoms. The summed E-state index contributed by atoms with van der Waals surface area (Å²) in [6.07, 6.45) is 7.14. The zero-order valence-electron chi connectivity index (χ0n) is 6.49. The molecule has 2 heteroatoms. The van der Waals surface area contributed by atoms with E-state index in [1.54, 1.807) is 18.5 Å². The first-order chi connectivity index (χ1) is 5.34. The van der Waals surface area contributed by atoms with Gasteiger partial charge in [0.25, 0.3) is 0 Å². The van der Waals surface area contributed by atoms with Crippen LogP contribution in [0, 0.1) is 6.92 Å². The van der Waals surface area contributed by atoms with Crippen molar-refractivity contribution >= 4 is 6.08 Å². The van der Waals surface area contributed by atoms with E-state index < -0.39 is 0 Å². The molecule has 0 aliphatic carbocycles. The van der Waals surface area contributed by atoms with E-state index >= 15 is 0 Å². The van der Waals surface area contributed by atoms with Gasteiger partial charge < -0.3 is 5.11 Å². The zero-order valence-corrected chi connectivity index (χ0v) is 6.49. The minimum Gasteiger partial charge on any atom is -0.392 e. The molecule has 0 unspecified atom stereocenters. The van der Waals surface area contributed by atoms with Gasteiger partial charge in [0, 0.05) is 12.4 Å². The first kappa shape index (κ1) is 7.95. The molecule has 0 radical (unpaired) electrons. The van der Waals surface area contributed by atoms with E-state index in [1.165, 1.54) is 0 Å². The van der Waals surface area contributed by atoms with E-state index in [9.17, 15) is 0 Å². The summed E-state index contributed by atoms with van der Waals surface area (Å²) in [5, 5.41) is 8.52. The van der Waals surface area contributed by atoms with Gasteiger partial charge in [-0.3, -0.25) is 4.98 Å². The Kier molecular flexibility index (Phi) is 2.81. The number of pyridine rings is 1. The van der Waals surface area contributed by atoms with Crippen LogP contribution in [-0.2, 0) is 0 Å². The highest BCUT2D eigenvalue weighted by atomic mass is 16.2. The van der Waals surface area contributed by atoms with Crippen LogP contribution in [0.25, 0.3) is 6.08 Å². The van der Waals surface area contributed by atoms with Crippen molar-refractivity contribution in [1.82, 2.24) is 4.98 Å². The van der Waals surface area contributed by atoms with Gasteiger partial charge in [0.1, 0.15) is 0 Å². The third-order valence-corrected chi connectivity index (χ3v) is 1.47. The van der Waals surface area contributed by atoms with Crippen molar-refractivity contribution in [2.45, 2.75) is 6.92 Å². The van der Waals surface area contributed by atoms with Crippen molar-refractivity contribution in [3.8, 4) is 0 Å². The van der Waals surface area contributed by atoms with E-state index in [1.807, 2.05) is 19.1 Å². The molecule has 0 saturated carbocycles. The smallest absolute Gasteiger partial charge is 0.0615 e. The number of rotatable bonds is 2. The van der Waals surface area contributed by atoms with Gasteiger partial charge in [0.05, 0.1) is 6.61 Å². The summed E-state index contributed by atoms with van der Waals surface area (Å²) in [5.74, 6) is 0. The summed E-state index contributed by atoms with van der Waals surface area (Å²) in [6, 6.07) is 1.92. The maximum absolute atomic E-state index is 8.52. The topological polar surface area (TPSA) is 33.1 Å². The third kappa shape index (κ3) is 2.16. The van der Waals surface area contributed by atoms with Crippen molar-refractivity contribution in [3.05, 3.63) is 35.7 Å². The molecule has 0 atom stereocenters. The molecular weight excluding hydrogens is 138 g/mol. The summed E-state index contributed by atoms with van der Waals surface area (Å²) in [6.45, 7) is 2.08. The van der Waals surface area contributed by atoms with Crippen LogP contribution in [0.1, 0.15) is 11.1 Å². The monoisotopic (exact) mass is 149 g/mol. The lowest BCUT2D eigenvalue weighted by molar-refractivity contribution is 0.343. The molecule has 58 valence electrons. The van der Waals surface area contributed by atoms with E-state index in [0.29, 0.717) is 0 Å². The lowest BCUT2D eigenvalue weighted by atomic mass is 10.1. The maximum atomic E-state index is 8.52. The van der Waals surface area contributed by atoms with Gasteiger partial charge in [-0.15, -0.1) is 0 Å². The van der Waals surface area contributed by atoms with Crippen LogP contribution < -0.4 is 0 Å². The molecule has 0 aromatic carbocycles. The molecule has 0 amide bonds. The molecule has 0 fully saturated rings. The lowest BCUT2D eigenvalue weighted by Gasteiger charge is -1.96. The summed E-state index contributed by atoms with van der Waals surface area (Å²) in [7, 11) is 0. The van der Waals surface area contributed by atoms with Gasteiger partial charge in [-0.25, -0.2) is 0 Å². The van der Waals surface area contributed by atoms with Gasteiger partial charge in [-0.05, 0) is 24.1 Å². The number of nitrogens with zero attached hydrogens (tertiary/aromatic N) is 1. The van der Waals surface area contributed by atoms with E-state index in [4.69, 9.17) is 5.11 Å². The second-order valence-corrected chi connectivity index (χ2v) is 2.32. The Bertz CT molecular complexity index is 255. The molecule has 0 saturated heterocycles. The predicted octanol–water partition coefficient (Wildman–Crippen LogP) is 1.40. The fourth-order valence-corrected chi connectivity index (χ4v) is 0.851. The highest BCUT2D eigenvalue weighted by molar-refractivity contribution is 5.52. The van der Waals surface area contributed by atoms with E-state index in [0.717, 1.165) is 11.1 Å². The number of aliphatic hydroxyl groups is 1. The van der Waals surface area contributed by atoms with Crippen LogP contribution in [0.5, 0.6) is 0 Å². The minimum absolute atomic E-state index is 0.0851. The second kappa shape index (κ2) is 3.88. The van der Waals surface area contributed by atoms with Crippen LogP contribution in [0.4, 0.5) is 0 Å². The van der Waals surface area contributed by atoms with Gasteiger partial charge in [0.2, 0.25) is 0 Å². The van der Waals surface area contributed by atoms with Crippen LogP contribution in [-0.4, -0.2) is 16.7 Å². The minimum atomic E-state index is 0.0851. The Morgan fingerprint density at radius 1 is 1.64 bits per heavy atom. The van der Waals surface area contributed by atoms with Crippen molar-refractivity contribution in [3.63, 3.8) is 0 Å². The van der Waals surface area contributed by atoms with E-state index in [-0.39, 0.29) is 6.61 Å². The lowest BCUT2D eigenvalue weighted by Crippen LogP contribution is -1.81. The highest BCUT2D eigenvalue weighted by Crippen LogP contribution is 2.06. The molecule has 1 aromatic rings. The quantitative estimate of drug-likeness (QED) is 0.689. The number of aliphatic hydroxyl groups excluding tert-OH is 1. The van der Waals surface area contributed by atoms with Crippen LogP contribution in [0.3, 0.4) is 0 Å². The Labute approximate surface area is 66.2 Å². The standard InChI is InChI=1S/C9H11NO/c1-8-7-10-5-4-9(8)3-2-6-11/h2-5,7,11H,6H2,1H3/b3-2+. The van der Waals surface area contributed by atoms with Crippen molar-refractivity contribution in [1.29, 1.82) is 0 Å². The zero-order chi connectivity index (χ0) is 8.10. The van der Waals surface area contributed by atoms with Gasteiger partial charge in [0.15, 0.2) is 0 Å². The SMILES string of the molecule is Cc1cnccc1/C=C/CO. The molecule has 11 heavy (non-hydrogen) atoms. The van der Waals surface area contributed by atoms with Crippen LogP contribution in [0.15, 0.2) is 24.5 Å². The molecular formula is C9H11NO. The average molecular weight is 149 g/mol. The highest BCUT2D eigenvalue weighted by Gasteiger charge is 1.89. The summed E-state index contributed by atoms with van der Waals surface area (Å²) < 4.78 is 0. The van der Waals surface area contributed by atoms with E-state index in [2.05, 4.69) is 4.98 Å². The third-order valence-electron chi connectivity index (χ3n) is 1.47. The van der Waals surface area contributed by atoms with Gasteiger partial charge in [-0.1, -0.05) is 12.2 Å². The Hall–Kier alpha value is -1.15. The number of hydrogen-bond donors (Lipinski definition) is 1. The van der Waals surface area contributed by atoms with Crippen molar-refractivity contribution in [2.75, 3.05) is 6.61 Å². The normalized spacial score (nSPS) is 10.7. The molecule has 1 rings (SSSR count). The van der Waals surface area contributed by atoms with Gasteiger partial charge in [-0.2, -0.15) is 0 Å². The first-order valence-electron chi connectivity index (χ1n) is 3.52. The number of aromatic nitrogens is 1. The fourth-order valence-electron chi connectivity index (χ4n) is 0.851. The maximum Gasteiger partial charge on any atom is 0.0615 e. The molecule has 1 aromatic heterocycles. The van der Waals surface area contributed by atoms with Gasteiger partial charge >= 0.3 is 0 Å². The Balaban J connectivity index is 2.86. The van der Waals surface area contributed by atoms with Crippen LogP contribution >= 0.6 is 0 Å². The average Bonchev–Trinajstić information content (AvgIpc) is 2.03. The van der Waals surface area contributed by atoms with Crippen LogP contribution in [0.2, 0.25) is 0 Å². The molecule has 0 aliphatic rings.